The summed E-state index contributed by atoms with van der Waals surface area (Å²) < 4.78 is 10.3. The molecule has 0 saturated heterocycles. The van der Waals surface area contributed by atoms with Gasteiger partial charge in [0.2, 0.25) is 17.6 Å². The predicted octanol–water partition coefficient (Wildman–Crippen LogP) is 3.52. The topological polar surface area (TPSA) is 77.2 Å². The number of benzene rings is 1. The maximum atomic E-state index is 12.1. The molecule has 0 aliphatic rings. The standard InChI is InChI=1S/C17H17N3O3S/c1-22-10-12-3-2-4-14(9-12)18-15(21)5-6-16-19-17(20-23-16)13-7-8-24-11-13/h2-4,7-9,11H,5-6,10H2,1H3,(H,18,21). The molecular formula is C17H17N3O3S. The number of hydrogen-bond donors (Lipinski definition) is 1. The van der Waals surface area contributed by atoms with Gasteiger partial charge >= 0.3 is 0 Å². The molecular weight excluding hydrogens is 326 g/mol. The van der Waals surface area contributed by atoms with Gasteiger partial charge in [0.25, 0.3) is 0 Å². The van der Waals surface area contributed by atoms with Crippen LogP contribution in [0.1, 0.15) is 17.9 Å². The molecule has 0 radical (unpaired) electrons. The third kappa shape index (κ3) is 4.27. The maximum absolute atomic E-state index is 12.1. The number of ether oxygens (including phenoxy) is 1. The second kappa shape index (κ2) is 7.85. The molecule has 2 aromatic heterocycles. The first-order chi connectivity index (χ1) is 11.7. The van der Waals surface area contributed by atoms with Crippen LogP contribution in [0.3, 0.4) is 0 Å². The molecule has 1 amide bonds. The van der Waals surface area contributed by atoms with Gasteiger partial charge in [-0.2, -0.15) is 16.3 Å². The highest BCUT2D eigenvalue weighted by Crippen LogP contribution is 2.19. The number of aryl methyl sites for hydroxylation is 1. The first-order valence-corrected chi connectivity index (χ1v) is 8.42. The molecule has 1 aromatic carbocycles. The first kappa shape index (κ1) is 16.4. The van der Waals surface area contributed by atoms with Gasteiger partial charge in [-0.25, -0.2) is 0 Å². The van der Waals surface area contributed by atoms with Crippen LogP contribution in [0, 0.1) is 0 Å². The molecule has 3 aromatic rings. The van der Waals surface area contributed by atoms with Gasteiger partial charge in [-0.1, -0.05) is 17.3 Å². The van der Waals surface area contributed by atoms with Crippen molar-refractivity contribution in [2.75, 3.05) is 12.4 Å². The normalized spacial score (nSPS) is 10.7. The van der Waals surface area contributed by atoms with E-state index in [0.717, 1.165) is 16.8 Å². The highest BCUT2D eigenvalue weighted by Gasteiger charge is 2.11. The monoisotopic (exact) mass is 343 g/mol. The summed E-state index contributed by atoms with van der Waals surface area (Å²) >= 11 is 1.57. The number of anilines is 1. The Morgan fingerprint density at radius 1 is 1.38 bits per heavy atom. The number of aromatic nitrogens is 2. The van der Waals surface area contributed by atoms with Gasteiger partial charge in [-0.15, -0.1) is 0 Å². The van der Waals surface area contributed by atoms with E-state index in [1.54, 1.807) is 18.4 Å². The average Bonchev–Trinajstić information content (AvgIpc) is 3.25. The van der Waals surface area contributed by atoms with Crippen LogP contribution in [-0.2, 0) is 22.6 Å². The number of nitrogens with one attached hydrogen (secondary N) is 1. The molecule has 0 saturated carbocycles. The molecule has 7 heteroatoms. The summed E-state index contributed by atoms with van der Waals surface area (Å²) in [5, 5.41) is 10.7. The number of hydrogen-bond acceptors (Lipinski definition) is 6. The molecule has 0 spiro atoms. The Balaban J connectivity index is 1.53. The molecule has 6 nitrogen and oxygen atoms in total. The second-order valence-electron chi connectivity index (χ2n) is 5.21. The molecule has 0 atom stereocenters. The Hall–Kier alpha value is -2.51. The van der Waals surface area contributed by atoms with Crippen molar-refractivity contribution in [2.45, 2.75) is 19.4 Å². The highest BCUT2D eigenvalue weighted by molar-refractivity contribution is 7.08. The summed E-state index contributed by atoms with van der Waals surface area (Å²) in [7, 11) is 1.64. The largest absolute Gasteiger partial charge is 0.380 e. The van der Waals surface area contributed by atoms with Crippen molar-refractivity contribution in [3.8, 4) is 11.4 Å². The van der Waals surface area contributed by atoms with Gasteiger partial charge in [0.1, 0.15) is 0 Å². The Bertz CT molecular complexity index is 799. The Morgan fingerprint density at radius 3 is 3.08 bits per heavy atom. The number of methoxy groups -OCH3 is 1. The Morgan fingerprint density at radius 2 is 2.29 bits per heavy atom. The van der Waals surface area contributed by atoms with E-state index in [-0.39, 0.29) is 12.3 Å². The Kier molecular flexibility index (Phi) is 5.35. The number of carbonyl (C=O) groups is 1. The van der Waals surface area contributed by atoms with Crippen molar-refractivity contribution in [3.63, 3.8) is 0 Å². The number of thiophene rings is 1. The third-order valence-corrected chi connectivity index (χ3v) is 4.02. The van der Waals surface area contributed by atoms with Crippen molar-refractivity contribution in [1.29, 1.82) is 0 Å². The summed E-state index contributed by atoms with van der Waals surface area (Å²) in [6.45, 7) is 0.511. The van der Waals surface area contributed by atoms with E-state index in [1.165, 1.54) is 0 Å². The number of amides is 1. The predicted molar refractivity (Wildman–Crippen MR) is 91.7 cm³/mol. The lowest BCUT2D eigenvalue weighted by Crippen LogP contribution is -2.12. The van der Waals surface area contributed by atoms with E-state index in [4.69, 9.17) is 9.26 Å². The van der Waals surface area contributed by atoms with Crippen molar-refractivity contribution in [3.05, 3.63) is 52.5 Å². The van der Waals surface area contributed by atoms with E-state index in [0.29, 0.717) is 24.7 Å². The van der Waals surface area contributed by atoms with Crippen molar-refractivity contribution >= 4 is 22.9 Å². The lowest BCUT2D eigenvalue weighted by Gasteiger charge is -2.06. The molecule has 3 rings (SSSR count). The fourth-order valence-corrected chi connectivity index (χ4v) is 2.85. The number of nitrogens with zero attached hydrogens (tertiary/aromatic N) is 2. The van der Waals surface area contributed by atoms with Crippen LogP contribution < -0.4 is 5.32 Å². The van der Waals surface area contributed by atoms with E-state index in [2.05, 4.69) is 15.5 Å². The smallest absolute Gasteiger partial charge is 0.227 e. The van der Waals surface area contributed by atoms with Crippen molar-refractivity contribution in [1.82, 2.24) is 10.1 Å². The highest BCUT2D eigenvalue weighted by atomic mass is 32.1. The quantitative estimate of drug-likeness (QED) is 0.710. The molecule has 0 aliphatic heterocycles. The molecule has 1 N–H and O–H groups in total. The van der Waals surface area contributed by atoms with E-state index >= 15 is 0 Å². The van der Waals surface area contributed by atoms with Crippen LogP contribution in [0.15, 0.2) is 45.6 Å². The minimum atomic E-state index is -0.0974. The maximum Gasteiger partial charge on any atom is 0.227 e. The fraction of sp³-hybridized carbons (Fsp3) is 0.235. The van der Waals surface area contributed by atoms with Crippen molar-refractivity contribution in [2.24, 2.45) is 0 Å². The van der Waals surface area contributed by atoms with Gasteiger partial charge in [-0.3, -0.25) is 4.79 Å². The zero-order valence-electron chi connectivity index (χ0n) is 13.2. The van der Waals surface area contributed by atoms with Gasteiger partial charge in [-0.05, 0) is 29.1 Å². The van der Waals surface area contributed by atoms with Gasteiger partial charge in [0.15, 0.2) is 0 Å². The molecule has 124 valence electrons. The van der Waals surface area contributed by atoms with Crippen molar-refractivity contribution < 1.29 is 14.1 Å². The molecule has 24 heavy (non-hydrogen) atoms. The lowest BCUT2D eigenvalue weighted by molar-refractivity contribution is -0.116. The van der Waals surface area contributed by atoms with E-state index in [9.17, 15) is 4.79 Å². The van der Waals surface area contributed by atoms with Gasteiger partial charge < -0.3 is 14.6 Å². The number of carbonyl (C=O) groups excluding carboxylic acids is 1. The van der Waals surface area contributed by atoms with Gasteiger partial charge in [0, 0.05) is 36.6 Å². The van der Waals surface area contributed by atoms with Gasteiger partial charge in [0.05, 0.1) is 6.61 Å². The first-order valence-electron chi connectivity index (χ1n) is 7.47. The van der Waals surface area contributed by atoms with Crippen LogP contribution in [0.5, 0.6) is 0 Å². The minimum Gasteiger partial charge on any atom is -0.380 e. The lowest BCUT2D eigenvalue weighted by atomic mass is 10.2. The molecule has 2 heterocycles. The summed E-state index contributed by atoms with van der Waals surface area (Å²) in [5.74, 6) is 0.915. The zero-order chi connectivity index (χ0) is 16.8. The van der Waals surface area contributed by atoms with Crippen LogP contribution in [0.25, 0.3) is 11.4 Å². The van der Waals surface area contributed by atoms with Crippen LogP contribution in [0.2, 0.25) is 0 Å². The average molecular weight is 343 g/mol. The van der Waals surface area contributed by atoms with Crippen LogP contribution >= 0.6 is 11.3 Å². The van der Waals surface area contributed by atoms with E-state index in [1.807, 2.05) is 41.1 Å². The molecule has 0 aliphatic carbocycles. The third-order valence-electron chi connectivity index (χ3n) is 3.34. The summed E-state index contributed by atoms with van der Waals surface area (Å²) in [6.07, 6.45) is 0.681. The summed E-state index contributed by atoms with van der Waals surface area (Å²) in [5.41, 5.74) is 2.68. The van der Waals surface area contributed by atoms with Crippen LogP contribution in [0.4, 0.5) is 5.69 Å². The SMILES string of the molecule is COCc1cccc(NC(=O)CCc2nc(-c3ccsc3)no2)c1. The molecule has 0 fully saturated rings. The number of rotatable bonds is 7. The fourth-order valence-electron chi connectivity index (χ4n) is 2.21. The molecule has 0 bridgehead atoms. The second-order valence-corrected chi connectivity index (χ2v) is 5.99. The van der Waals surface area contributed by atoms with Crippen LogP contribution in [-0.4, -0.2) is 23.2 Å². The summed E-state index contributed by atoms with van der Waals surface area (Å²) in [4.78, 5) is 16.4. The minimum absolute atomic E-state index is 0.0974. The zero-order valence-corrected chi connectivity index (χ0v) is 14.0. The Labute approximate surface area is 143 Å². The van der Waals surface area contributed by atoms with E-state index < -0.39 is 0 Å². The molecule has 0 unspecified atom stereocenters. The summed E-state index contributed by atoms with van der Waals surface area (Å²) in [6, 6.07) is 9.50.